The Balaban J connectivity index is 1.76. The van der Waals surface area contributed by atoms with Crippen LogP contribution in [0.15, 0.2) is 88.3 Å². The van der Waals surface area contributed by atoms with Crippen LogP contribution in [0.5, 0.6) is 0 Å². The van der Waals surface area contributed by atoms with Gasteiger partial charge in [0.15, 0.2) is 0 Å². The first-order chi connectivity index (χ1) is 14.4. The van der Waals surface area contributed by atoms with Crippen molar-refractivity contribution >= 4 is 35.0 Å². The second-order valence-electron chi connectivity index (χ2n) is 6.98. The van der Waals surface area contributed by atoms with Crippen LogP contribution in [0.3, 0.4) is 0 Å². The maximum Gasteiger partial charge on any atom is 0.283 e. The number of halogens is 1. The van der Waals surface area contributed by atoms with Gasteiger partial charge < -0.3 is 5.32 Å². The molecule has 0 saturated carbocycles. The Kier molecular flexibility index (Phi) is 5.42. The van der Waals surface area contributed by atoms with E-state index in [0.717, 1.165) is 26.6 Å². The Morgan fingerprint density at radius 2 is 1.57 bits per heavy atom. The average molecular weight is 418 g/mol. The van der Waals surface area contributed by atoms with Gasteiger partial charge in [-0.05, 0) is 61.9 Å². The molecule has 1 N–H and O–H groups in total. The van der Waals surface area contributed by atoms with Gasteiger partial charge in [0.2, 0.25) is 0 Å². The first-order valence-corrected chi connectivity index (χ1v) is 10.2. The predicted octanol–water partition coefficient (Wildman–Crippen LogP) is 5.43. The number of carbonyl (C=O) groups excluding carboxylic acids is 2. The van der Waals surface area contributed by atoms with Crippen LogP contribution in [0.25, 0.3) is 0 Å². The van der Waals surface area contributed by atoms with Gasteiger partial charge in [0.05, 0.1) is 5.69 Å². The van der Waals surface area contributed by atoms with E-state index in [2.05, 4.69) is 5.32 Å². The maximum absolute atomic E-state index is 13.4. The number of anilines is 2. The highest BCUT2D eigenvalue weighted by Crippen LogP contribution is 2.38. The number of rotatable bonds is 5. The summed E-state index contributed by atoms with van der Waals surface area (Å²) < 4.78 is 13.4. The number of nitrogens with zero attached hydrogens (tertiary/aromatic N) is 1. The summed E-state index contributed by atoms with van der Waals surface area (Å²) in [5.74, 6) is -1.34. The molecule has 0 aliphatic carbocycles. The standard InChI is InChI=1S/C24H19FN2O2S/c1-15-8-13-20(16(2)14-15)26-21-22(30-19-6-4-3-5-7-19)24(29)27(23(21)28)18-11-9-17(25)10-12-18/h3-14,26H,1-2H3. The van der Waals surface area contributed by atoms with E-state index >= 15 is 0 Å². The summed E-state index contributed by atoms with van der Waals surface area (Å²) in [6.07, 6.45) is 0. The van der Waals surface area contributed by atoms with E-state index < -0.39 is 17.6 Å². The molecule has 1 aliphatic rings. The summed E-state index contributed by atoms with van der Waals surface area (Å²) in [4.78, 5) is 28.7. The lowest BCUT2D eigenvalue weighted by atomic mass is 10.1. The molecule has 30 heavy (non-hydrogen) atoms. The number of nitrogens with one attached hydrogen (secondary N) is 1. The predicted molar refractivity (Wildman–Crippen MR) is 118 cm³/mol. The van der Waals surface area contributed by atoms with E-state index in [9.17, 15) is 14.0 Å². The number of carbonyl (C=O) groups is 2. The fourth-order valence-electron chi connectivity index (χ4n) is 3.23. The lowest BCUT2D eigenvalue weighted by Crippen LogP contribution is -2.32. The van der Waals surface area contributed by atoms with Crippen LogP contribution in [0.4, 0.5) is 15.8 Å². The summed E-state index contributed by atoms with van der Waals surface area (Å²) in [5.41, 5.74) is 3.36. The third-order valence-corrected chi connectivity index (χ3v) is 5.82. The van der Waals surface area contributed by atoms with Gasteiger partial charge >= 0.3 is 0 Å². The highest BCUT2D eigenvalue weighted by Gasteiger charge is 2.40. The van der Waals surface area contributed by atoms with Crippen molar-refractivity contribution in [2.24, 2.45) is 0 Å². The summed E-state index contributed by atoms with van der Waals surface area (Å²) in [5, 5.41) is 3.17. The van der Waals surface area contributed by atoms with Gasteiger partial charge in [0, 0.05) is 10.6 Å². The van der Waals surface area contributed by atoms with Crippen LogP contribution in [-0.4, -0.2) is 11.8 Å². The number of aryl methyl sites for hydroxylation is 2. The molecule has 3 aromatic carbocycles. The number of thioether (sulfide) groups is 1. The van der Waals surface area contributed by atoms with Gasteiger partial charge in [-0.3, -0.25) is 9.59 Å². The fourth-order valence-corrected chi connectivity index (χ4v) is 4.18. The minimum Gasteiger partial charge on any atom is -0.350 e. The molecule has 0 atom stereocenters. The molecule has 2 amide bonds. The highest BCUT2D eigenvalue weighted by atomic mass is 32.2. The van der Waals surface area contributed by atoms with E-state index in [1.807, 2.05) is 62.4 Å². The Morgan fingerprint density at radius 3 is 2.23 bits per heavy atom. The van der Waals surface area contributed by atoms with Gasteiger partial charge in [-0.1, -0.05) is 47.7 Å². The quantitative estimate of drug-likeness (QED) is 0.561. The molecule has 0 radical (unpaired) electrons. The normalized spacial score (nSPS) is 13.9. The Bertz CT molecular complexity index is 1160. The molecular formula is C24H19FN2O2S. The molecule has 4 nitrogen and oxygen atoms in total. The maximum atomic E-state index is 13.4. The van der Waals surface area contributed by atoms with Crippen LogP contribution >= 0.6 is 11.8 Å². The zero-order valence-electron chi connectivity index (χ0n) is 16.5. The molecule has 0 aromatic heterocycles. The first kappa shape index (κ1) is 19.9. The van der Waals surface area contributed by atoms with Crippen molar-refractivity contribution in [3.05, 3.63) is 100 Å². The van der Waals surface area contributed by atoms with Crippen molar-refractivity contribution in [3.63, 3.8) is 0 Å². The number of imide groups is 1. The molecule has 1 heterocycles. The summed E-state index contributed by atoms with van der Waals surface area (Å²) >= 11 is 1.23. The molecule has 0 bridgehead atoms. The molecule has 4 rings (SSSR count). The summed E-state index contributed by atoms with van der Waals surface area (Å²) in [7, 11) is 0. The molecule has 0 fully saturated rings. The summed E-state index contributed by atoms with van der Waals surface area (Å²) in [6.45, 7) is 3.94. The van der Waals surface area contributed by atoms with Crippen molar-refractivity contribution in [1.82, 2.24) is 0 Å². The Labute approximate surface area is 178 Å². The molecule has 0 saturated heterocycles. The zero-order chi connectivity index (χ0) is 21.3. The number of hydrogen-bond acceptors (Lipinski definition) is 4. The third kappa shape index (κ3) is 3.86. The van der Waals surface area contributed by atoms with Gasteiger partial charge in [0.1, 0.15) is 16.4 Å². The first-order valence-electron chi connectivity index (χ1n) is 9.40. The number of benzene rings is 3. The zero-order valence-corrected chi connectivity index (χ0v) is 17.3. The van der Waals surface area contributed by atoms with Crippen molar-refractivity contribution in [3.8, 4) is 0 Å². The smallest absolute Gasteiger partial charge is 0.283 e. The van der Waals surface area contributed by atoms with E-state index in [-0.39, 0.29) is 5.70 Å². The Hall–Kier alpha value is -3.38. The van der Waals surface area contributed by atoms with E-state index in [1.54, 1.807) is 0 Å². The SMILES string of the molecule is Cc1ccc(NC2=C(Sc3ccccc3)C(=O)N(c3ccc(F)cc3)C2=O)c(C)c1. The lowest BCUT2D eigenvalue weighted by molar-refractivity contribution is -0.120. The molecule has 150 valence electrons. The van der Waals surface area contributed by atoms with E-state index in [1.165, 1.54) is 36.0 Å². The van der Waals surface area contributed by atoms with Crippen molar-refractivity contribution in [2.45, 2.75) is 18.7 Å². The number of hydrogen-bond donors (Lipinski definition) is 1. The fraction of sp³-hybridized carbons (Fsp3) is 0.0833. The van der Waals surface area contributed by atoms with E-state index in [4.69, 9.17) is 0 Å². The van der Waals surface area contributed by atoms with Crippen LogP contribution in [0, 0.1) is 19.7 Å². The van der Waals surface area contributed by atoms with Gasteiger partial charge in [0.25, 0.3) is 11.8 Å². The van der Waals surface area contributed by atoms with Gasteiger partial charge in [-0.15, -0.1) is 0 Å². The minimum atomic E-state index is -0.468. The molecular weight excluding hydrogens is 399 g/mol. The molecule has 3 aromatic rings. The van der Waals surface area contributed by atoms with Crippen molar-refractivity contribution in [2.75, 3.05) is 10.2 Å². The lowest BCUT2D eigenvalue weighted by Gasteiger charge is -2.15. The molecule has 0 unspecified atom stereocenters. The van der Waals surface area contributed by atoms with Gasteiger partial charge in [-0.2, -0.15) is 0 Å². The second-order valence-corrected chi connectivity index (χ2v) is 8.07. The van der Waals surface area contributed by atoms with Gasteiger partial charge in [-0.25, -0.2) is 9.29 Å². The summed E-state index contributed by atoms with van der Waals surface area (Å²) in [6, 6.07) is 20.6. The topological polar surface area (TPSA) is 49.4 Å². The van der Waals surface area contributed by atoms with Crippen LogP contribution in [0.2, 0.25) is 0 Å². The molecule has 6 heteroatoms. The number of amides is 2. The minimum absolute atomic E-state index is 0.213. The van der Waals surface area contributed by atoms with Crippen molar-refractivity contribution < 1.29 is 14.0 Å². The van der Waals surface area contributed by atoms with E-state index in [0.29, 0.717) is 10.6 Å². The van der Waals surface area contributed by atoms with Crippen LogP contribution in [-0.2, 0) is 9.59 Å². The largest absolute Gasteiger partial charge is 0.350 e. The highest BCUT2D eigenvalue weighted by molar-refractivity contribution is 8.04. The third-order valence-electron chi connectivity index (χ3n) is 4.73. The Morgan fingerprint density at radius 1 is 0.867 bits per heavy atom. The molecule has 0 spiro atoms. The second kappa shape index (κ2) is 8.16. The monoisotopic (exact) mass is 418 g/mol. The van der Waals surface area contributed by atoms with Crippen LogP contribution < -0.4 is 10.2 Å². The van der Waals surface area contributed by atoms with Crippen LogP contribution in [0.1, 0.15) is 11.1 Å². The average Bonchev–Trinajstić information content (AvgIpc) is 2.95. The molecule has 1 aliphatic heterocycles. The van der Waals surface area contributed by atoms with Crippen molar-refractivity contribution in [1.29, 1.82) is 0 Å².